The van der Waals surface area contributed by atoms with Crippen LogP contribution in [0.3, 0.4) is 0 Å². The van der Waals surface area contributed by atoms with E-state index in [0.717, 1.165) is 33.4 Å². The molecule has 3 aromatic carbocycles. The van der Waals surface area contributed by atoms with Crippen molar-refractivity contribution in [2.45, 2.75) is 18.8 Å². The molecule has 1 unspecified atom stereocenters. The maximum Gasteiger partial charge on any atom is 0.412 e. The highest BCUT2D eigenvalue weighted by atomic mass is 35.5. The van der Waals surface area contributed by atoms with Crippen LogP contribution in [0.1, 0.15) is 33.7 Å². The summed E-state index contributed by atoms with van der Waals surface area (Å²) in [5, 5.41) is 14.3. The Labute approximate surface area is 229 Å². The number of hydrogen-bond donors (Lipinski definition) is 1. The van der Waals surface area contributed by atoms with E-state index in [-0.39, 0.29) is 18.3 Å². The zero-order chi connectivity index (χ0) is 25.9. The Morgan fingerprint density at radius 1 is 1.03 bits per heavy atom. The fourth-order valence-electron chi connectivity index (χ4n) is 4.69. The van der Waals surface area contributed by atoms with E-state index in [4.69, 9.17) is 39.5 Å². The molecule has 1 aliphatic rings. The number of halogens is 3. The Morgan fingerprint density at radius 2 is 1.81 bits per heavy atom. The second-order valence-electron chi connectivity index (χ2n) is 8.61. The topological polar surface area (TPSA) is 75.0 Å². The van der Waals surface area contributed by atoms with Gasteiger partial charge in [-0.1, -0.05) is 83.3 Å². The van der Waals surface area contributed by atoms with Crippen molar-refractivity contribution in [2.24, 2.45) is 0 Å². The van der Waals surface area contributed by atoms with Gasteiger partial charge in [0, 0.05) is 29.1 Å². The molecule has 0 spiro atoms. The van der Waals surface area contributed by atoms with Crippen LogP contribution in [0.4, 0.5) is 10.6 Å². The van der Waals surface area contributed by atoms with Crippen molar-refractivity contribution in [3.8, 4) is 17.2 Å². The number of fused-ring (bicyclic) bond motifs is 3. The summed E-state index contributed by atoms with van der Waals surface area (Å²) in [5.74, 6) is 0.173. The number of hydrogen-bond acceptors (Lipinski definition) is 4. The minimum absolute atomic E-state index is 0.0143. The third kappa shape index (κ3) is 5.14. The van der Waals surface area contributed by atoms with Gasteiger partial charge in [0.2, 0.25) is 0 Å². The third-order valence-corrected chi connectivity index (χ3v) is 7.54. The van der Waals surface area contributed by atoms with Crippen molar-refractivity contribution >= 4 is 46.7 Å². The predicted molar refractivity (Wildman–Crippen MR) is 147 cm³/mol. The summed E-state index contributed by atoms with van der Waals surface area (Å²) in [7, 11) is 0. The molecule has 5 nitrogen and oxygen atoms in total. The molecule has 1 aromatic heterocycles. The smallest absolute Gasteiger partial charge is 0.412 e. The van der Waals surface area contributed by atoms with Crippen LogP contribution in [0.25, 0.3) is 11.1 Å². The number of anilines is 1. The van der Waals surface area contributed by atoms with Crippen molar-refractivity contribution in [1.29, 1.82) is 5.26 Å². The summed E-state index contributed by atoms with van der Waals surface area (Å²) in [6, 6.07) is 23.2. The average molecular weight is 549 g/mol. The van der Waals surface area contributed by atoms with Gasteiger partial charge in [0.05, 0.1) is 16.7 Å². The molecule has 1 heterocycles. The number of pyridine rings is 1. The van der Waals surface area contributed by atoms with Crippen LogP contribution >= 0.6 is 34.8 Å². The standard InChI is InChI=1S/C29H20Cl3N3O2/c30-24-8-4-1-5-17(24)11-12-37-29(36)35-28-23(15-33)27-19(16-34-28)13-22(20-6-2-3-7-21(20)27)18-9-10-25(31)26(32)14-18/h1-10,14,16,22H,11-13H2,(H,34,35,36). The van der Waals surface area contributed by atoms with Crippen LogP contribution in [-0.2, 0) is 17.6 Å². The molecule has 1 atom stereocenters. The molecule has 8 heteroatoms. The summed E-state index contributed by atoms with van der Waals surface area (Å²) in [6.45, 7) is 0.135. The molecule has 0 radical (unpaired) electrons. The van der Waals surface area contributed by atoms with Gasteiger partial charge in [-0.3, -0.25) is 5.32 Å². The molecule has 4 aromatic rings. The Morgan fingerprint density at radius 3 is 2.59 bits per heavy atom. The van der Waals surface area contributed by atoms with E-state index in [2.05, 4.69) is 16.4 Å². The molecule has 0 bridgehead atoms. The maximum absolute atomic E-state index is 12.5. The van der Waals surface area contributed by atoms with Crippen LogP contribution in [0, 0.1) is 11.3 Å². The van der Waals surface area contributed by atoms with E-state index in [1.165, 1.54) is 0 Å². The van der Waals surface area contributed by atoms with Gasteiger partial charge in [-0.15, -0.1) is 0 Å². The Bertz CT molecular complexity index is 1550. The number of nitriles is 1. The number of ether oxygens (including phenoxy) is 1. The predicted octanol–water partition coefficient (Wildman–Crippen LogP) is 8.06. The number of aromatic nitrogens is 1. The Hall–Kier alpha value is -3.56. The lowest BCUT2D eigenvalue weighted by atomic mass is 9.75. The van der Waals surface area contributed by atoms with E-state index in [0.29, 0.717) is 33.5 Å². The fraction of sp³-hybridized carbons (Fsp3) is 0.138. The highest BCUT2D eigenvalue weighted by Crippen LogP contribution is 2.45. The SMILES string of the molecule is N#Cc1c(NC(=O)OCCc2ccccc2Cl)ncc2c1-c1ccccc1C(c1ccc(Cl)c(Cl)c1)C2. The van der Waals surface area contributed by atoms with Crippen LogP contribution in [0.15, 0.2) is 72.9 Å². The molecular formula is C29H20Cl3N3O2. The molecule has 5 rings (SSSR count). The van der Waals surface area contributed by atoms with Crippen molar-refractivity contribution < 1.29 is 9.53 Å². The van der Waals surface area contributed by atoms with Crippen molar-refractivity contribution in [2.75, 3.05) is 11.9 Å². The molecule has 0 fully saturated rings. The number of carbonyl (C=O) groups is 1. The molecule has 1 amide bonds. The van der Waals surface area contributed by atoms with Crippen molar-refractivity contribution in [3.05, 3.63) is 116 Å². The van der Waals surface area contributed by atoms with E-state index in [1.54, 1.807) is 18.3 Å². The molecular weight excluding hydrogens is 529 g/mol. The van der Waals surface area contributed by atoms with Crippen molar-refractivity contribution in [1.82, 2.24) is 4.98 Å². The van der Waals surface area contributed by atoms with Crippen molar-refractivity contribution in [3.63, 3.8) is 0 Å². The van der Waals surface area contributed by atoms with E-state index < -0.39 is 6.09 Å². The molecule has 184 valence electrons. The number of nitrogens with one attached hydrogen (secondary N) is 1. The largest absolute Gasteiger partial charge is 0.449 e. The first-order valence-electron chi connectivity index (χ1n) is 11.6. The first-order valence-corrected chi connectivity index (χ1v) is 12.7. The average Bonchev–Trinajstić information content (AvgIpc) is 2.91. The van der Waals surface area contributed by atoms with Gasteiger partial charge < -0.3 is 4.74 Å². The first kappa shape index (κ1) is 25.1. The first-order chi connectivity index (χ1) is 18.0. The molecule has 0 saturated carbocycles. The van der Waals surface area contributed by atoms with E-state index >= 15 is 0 Å². The molecule has 0 saturated heterocycles. The highest BCUT2D eigenvalue weighted by molar-refractivity contribution is 6.42. The van der Waals surface area contributed by atoms with Gasteiger partial charge in [0.15, 0.2) is 5.82 Å². The molecule has 0 aliphatic heterocycles. The number of benzene rings is 3. The lowest BCUT2D eigenvalue weighted by molar-refractivity contribution is 0.163. The Balaban J connectivity index is 1.41. The van der Waals surface area contributed by atoms with Gasteiger partial charge >= 0.3 is 6.09 Å². The fourth-order valence-corrected chi connectivity index (χ4v) is 5.23. The monoisotopic (exact) mass is 547 g/mol. The van der Waals surface area contributed by atoms with E-state index in [9.17, 15) is 10.1 Å². The van der Waals surface area contributed by atoms with E-state index in [1.807, 2.05) is 54.6 Å². The second kappa shape index (κ2) is 10.8. The minimum atomic E-state index is -0.686. The van der Waals surface area contributed by atoms with Gasteiger partial charge in [-0.25, -0.2) is 9.78 Å². The number of carbonyl (C=O) groups excluding carboxylic acids is 1. The zero-order valence-electron chi connectivity index (χ0n) is 19.5. The zero-order valence-corrected chi connectivity index (χ0v) is 21.7. The molecule has 37 heavy (non-hydrogen) atoms. The Kier molecular flexibility index (Phi) is 7.34. The minimum Gasteiger partial charge on any atom is -0.449 e. The number of nitrogens with zero attached hydrogens (tertiary/aromatic N) is 2. The van der Waals surface area contributed by atoms with Crippen LogP contribution in [0.5, 0.6) is 0 Å². The third-order valence-electron chi connectivity index (χ3n) is 6.43. The maximum atomic E-state index is 12.5. The molecule has 1 aliphatic carbocycles. The lowest BCUT2D eigenvalue weighted by Crippen LogP contribution is -2.19. The summed E-state index contributed by atoms with van der Waals surface area (Å²) in [6.07, 6.45) is 2.11. The van der Waals surface area contributed by atoms with Gasteiger partial charge in [0.1, 0.15) is 11.6 Å². The van der Waals surface area contributed by atoms with Gasteiger partial charge in [-0.05, 0) is 52.4 Å². The summed E-state index contributed by atoms with van der Waals surface area (Å²) < 4.78 is 5.33. The van der Waals surface area contributed by atoms with Crippen LogP contribution < -0.4 is 5.32 Å². The van der Waals surface area contributed by atoms with Gasteiger partial charge in [-0.2, -0.15) is 5.26 Å². The quantitative estimate of drug-likeness (QED) is 0.274. The number of amides is 1. The lowest BCUT2D eigenvalue weighted by Gasteiger charge is -2.29. The molecule has 1 N–H and O–H groups in total. The highest BCUT2D eigenvalue weighted by Gasteiger charge is 2.30. The summed E-state index contributed by atoms with van der Waals surface area (Å²) in [4.78, 5) is 16.9. The van der Waals surface area contributed by atoms with Crippen LogP contribution in [0.2, 0.25) is 15.1 Å². The normalized spacial score (nSPS) is 13.7. The number of rotatable bonds is 5. The van der Waals surface area contributed by atoms with Gasteiger partial charge in [0.25, 0.3) is 0 Å². The summed E-state index contributed by atoms with van der Waals surface area (Å²) in [5.41, 5.74) is 5.84. The summed E-state index contributed by atoms with van der Waals surface area (Å²) >= 11 is 18.6. The second-order valence-corrected chi connectivity index (χ2v) is 9.84. The van der Waals surface area contributed by atoms with Crippen LogP contribution in [-0.4, -0.2) is 17.7 Å².